The summed E-state index contributed by atoms with van der Waals surface area (Å²) in [5.41, 5.74) is 0. The van der Waals surface area contributed by atoms with E-state index in [2.05, 4.69) is 4.98 Å². The number of hydrogen-bond acceptors (Lipinski definition) is 2. The van der Waals surface area contributed by atoms with Crippen molar-refractivity contribution in [1.82, 2.24) is 4.98 Å². The molecule has 2 rings (SSSR count). The first-order chi connectivity index (χ1) is 6.31. The smallest absolute Gasteiger partial charge is 0.119 e. The van der Waals surface area contributed by atoms with Crippen molar-refractivity contribution in [3.8, 4) is 5.75 Å². The third-order valence-electron chi connectivity index (χ3n) is 1.98. The van der Waals surface area contributed by atoms with Crippen LogP contribution in [0.2, 0.25) is 0 Å². The maximum atomic E-state index is 5.14. The Bertz CT molecular complexity index is 489. The molecular weight excluding hydrogens is 182 g/mol. The number of H-pyrrole nitrogens is 1. The van der Waals surface area contributed by atoms with E-state index in [4.69, 9.17) is 17.0 Å². The molecule has 0 amide bonds. The molecule has 2 nitrogen and oxygen atoms in total. The Balaban J connectivity index is 2.80. The molecule has 0 aliphatic heterocycles. The molecule has 66 valence electrons. The summed E-state index contributed by atoms with van der Waals surface area (Å²) in [6.07, 6.45) is 1.84. The molecule has 0 atom stereocenters. The first-order valence-corrected chi connectivity index (χ1v) is 4.37. The van der Waals surface area contributed by atoms with Crippen molar-refractivity contribution < 1.29 is 4.74 Å². The van der Waals surface area contributed by atoms with Gasteiger partial charge in [0.15, 0.2) is 0 Å². The SMILES string of the molecule is COc1ccc2c(=S)[nH]ccc2c1. The monoisotopic (exact) mass is 191 g/mol. The molecule has 0 unspecified atom stereocenters. The van der Waals surface area contributed by atoms with Crippen molar-refractivity contribution in [2.75, 3.05) is 7.11 Å². The average molecular weight is 191 g/mol. The highest BCUT2D eigenvalue weighted by Gasteiger charge is 1.96. The minimum Gasteiger partial charge on any atom is -0.497 e. The zero-order valence-electron chi connectivity index (χ0n) is 7.20. The van der Waals surface area contributed by atoms with E-state index in [0.717, 1.165) is 21.2 Å². The standard InChI is InChI=1S/C10H9NOS/c1-12-8-2-3-9-7(6-8)4-5-11-10(9)13/h2-6H,1H3,(H,11,13). The second-order valence-electron chi connectivity index (χ2n) is 2.76. The third-order valence-corrected chi connectivity index (χ3v) is 2.32. The van der Waals surface area contributed by atoms with Gasteiger partial charge < -0.3 is 9.72 Å². The number of pyridine rings is 1. The summed E-state index contributed by atoms with van der Waals surface area (Å²) in [7, 11) is 1.66. The lowest BCUT2D eigenvalue weighted by Crippen LogP contribution is -1.83. The molecule has 3 heteroatoms. The number of rotatable bonds is 1. The molecule has 0 bridgehead atoms. The molecule has 1 aromatic carbocycles. The molecular formula is C10H9NOS. The van der Waals surface area contributed by atoms with Crippen LogP contribution in [0.5, 0.6) is 5.75 Å². The second-order valence-corrected chi connectivity index (χ2v) is 3.17. The average Bonchev–Trinajstić information content (AvgIpc) is 2.18. The van der Waals surface area contributed by atoms with Gasteiger partial charge in [0.2, 0.25) is 0 Å². The summed E-state index contributed by atoms with van der Waals surface area (Å²) < 4.78 is 5.88. The van der Waals surface area contributed by atoms with Gasteiger partial charge in [-0.3, -0.25) is 0 Å². The van der Waals surface area contributed by atoms with Crippen LogP contribution in [0, 0.1) is 4.64 Å². The Hall–Kier alpha value is -1.35. The van der Waals surface area contributed by atoms with Gasteiger partial charge in [-0.25, -0.2) is 0 Å². The van der Waals surface area contributed by atoms with Gasteiger partial charge in [-0.1, -0.05) is 12.2 Å². The van der Waals surface area contributed by atoms with Crippen molar-refractivity contribution >= 4 is 23.0 Å². The van der Waals surface area contributed by atoms with E-state index in [-0.39, 0.29) is 0 Å². The maximum absolute atomic E-state index is 5.14. The largest absolute Gasteiger partial charge is 0.497 e. The first-order valence-electron chi connectivity index (χ1n) is 3.97. The number of ether oxygens (including phenoxy) is 1. The van der Waals surface area contributed by atoms with Crippen LogP contribution in [0.25, 0.3) is 10.8 Å². The maximum Gasteiger partial charge on any atom is 0.119 e. The summed E-state index contributed by atoms with van der Waals surface area (Å²) in [6, 6.07) is 7.82. The van der Waals surface area contributed by atoms with Crippen LogP contribution in [0.3, 0.4) is 0 Å². The van der Waals surface area contributed by atoms with Crippen LogP contribution in [0.4, 0.5) is 0 Å². The Labute approximate surface area is 81.2 Å². The van der Waals surface area contributed by atoms with Crippen LogP contribution in [-0.2, 0) is 0 Å². The van der Waals surface area contributed by atoms with E-state index in [1.165, 1.54) is 0 Å². The molecule has 0 radical (unpaired) electrons. The van der Waals surface area contributed by atoms with E-state index >= 15 is 0 Å². The second kappa shape index (κ2) is 3.18. The van der Waals surface area contributed by atoms with Crippen LogP contribution in [0.1, 0.15) is 0 Å². The summed E-state index contributed by atoms with van der Waals surface area (Å²) in [5.74, 6) is 0.855. The van der Waals surface area contributed by atoms with Crippen LogP contribution in [0.15, 0.2) is 30.5 Å². The Morgan fingerprint density at radius 2 is 2.15 bits per heavy atom. The lowest BCUT2D eigenvalue weighted by atomic mass is 10.2. The van der Waals surface area contributed by atoms with Gasteiger partial charge in [-0.05, 0) is 29.7 Å². The topological polar surface area (TPSA) is 25.0 Å². The molecule has 0 spiro atoms. The normalized spacial score (nSPS) is 10.2. The Morgan fingerprint density at radius 3 is 2.92 bits per heavy atom. The molecule has 0 saturated heterocycles. The molecule has 0 fully saturated rings. The molecule has 13 heavy (non-hydrogen) atoms. The van der Waals surface area contributed by atoms with Crippen molar-refractivity contribution in [3.63, 3.8) is 0 Å². The summed E-state index contributed by atoms with van der Waals surface area (Å²) in [5, 5.41) is 2.15. The van der Waals surface area contributed by atoms with Crippen LogP contribution >= 0.6 is 12.2 Å². The summed E-state index contributed by atoms with van der Waals surface area (Å²) in [4.78, 5) is 2.99. The highest BCUT2D eigenvalue weighted by molar-refractivity contribution is 7.71. The van der Waals surface area contributed by atoms with Crippen molar-refractivity contribution in [3.05, 3.63) is 35.1 Å². The predicted octanol–water partition coefficient (Wildman–Crippen LogP) is 2.91. The Morgan fingerprint density at radius 1 is 1.31 bits per heavy atom. The van der Waals surface area contributed by atoms with Gasteiger partial charge >= 0.3 is 0 Å². The Kier molecular flexibility index (Phi) is 2.02. The van der Waals surface area contributed by atoms with E-state index in [1.54, 1.807) is 7.11 Å². The van der Waals surface area contributed by atoms with Gasteiger partial charge in [0.25, 0.3) is 0 Å². The highest BCUT2D eigenvalue weighted by Crippen LogP contribution is 2.20. The number of aromatic nitrogens is 1. The number of methoxy groups -OCH3 is 1. The van der Waals surface area contributed by atoms with Crippen LogP contribution < -0.4 is 4.74 Å². The van der Waals surface area contributed by atoms with Crippen LogP contribution in [-0.4, -0.2) is 12.1 Å². The first kappa shape index (κ1) is 8.26. The summed E-state index contributed by atoms with van der Waals surface area (Å²) in [6.45, 7) is 0. The molecule has 2 aromatic rings. The van der Waals surface area contributed by atoms with Gasteiger partial charge in [-0.15, -0.1) is 0 Å². The summed E-state index contributed by atoms with van der Waals surface area (Å²) >= 11 is 5.14. The van der Waals surface area contributed by atoms with Gasteiger partial charge in [-0.2, -0.15) is 0 Å². The van der Waals surface area contributed by atoms with Crippen molar-refractivity contribution in [2.45, 2.75) is 0 Å². The molecule has 1 heterocycles. The number of hydrogen-bond donors (Lipinski definition) is 1. The molecule has 1 aromatic heterocycles. The minimum absolute atomic E-state index is 0.764. The lowest BCUT2D eigenvalue weighted by Gasteiger charge is -2.01. The lowest BCUT2D eigenvalue weighted by molar-refractivity contribution is 0.415. The van der Waals surface area contributed by atoms with E-state index < -0.39 is 0 Å². The van der Waals surface area contributed by atoms with E-state index in [1.807, 2.05) is 30.5 Å². The fourth-order valence-electron chi connectivity index (χ4n) is 1.30. The molecule has 0 saturated carbocycles. The third kappa shape index (κ3) is 1.42. The van der Waals surface area contributed by atoms with Gasteiger partial charge in [0.1, 0.15) is 10.4 Å². The minimum atomic E-state index is 0.764. The van der Waals surface area contributed by atoms with Gasteiger partial charge in [0, 0.05) is 11.6 Å². The fraction of sp³-hybridized carbons (Fsp3) is 0.100. The molecule has 0 aliphatic carbocycles. The molecule has 1 N–H and O–H groups in total. The van der Waals surface area contributed by atoms with E-state index in [0.29, 0.717) is 0 Å². The zero-order valence-corrected chi connectivity index (χ0v) is 8.02. The van der Waals surface area contributed by atoms with Gasteiger partial charge in [0.05, 0.1) is 7.11 Å². The quantitative estimate of drug-likeness (QED) is 0.701. The highest BCUT2D eigenvalue weighted by atomic mass is 32.1. The van der Waals surface area contributed by atoms with E-state index in [9.17, 15) is 0 Å². The fourth-order valence-corrected chi connectivity index (χ4v) is 1.55. The van der Waals surface area contributed by atoms with Crippen molar-refractivity contribution in [1.29, 1.82) is 0 Å². The number of benzene rings is 1. The zero-order chi connectivity index (χ0) is 9.26. The number of nitrogens with one attached hydrogen (secondary N) is 1. The molecule has 0 aliphatic rings. The number of fused-ring (bicyclic) bond motifs is 1. The van der Waals surface area contributed by atoms with Crippen molar-refractivity contribution in [2.24, 2.45) is 0 Å². The predicted molar refractivity (Wildman–Crippen MR) is 55.7 cm³/mol. The number of aromatic amines is 1.